The van der Waals surface area contributed by atoms with Crippen LogP contribution in [0.4, 0.5) is 32.0 Å². The van der Waals surface area contributed by atoms with Gasteiger partial charge in [0.2, 0.25) is 11.8 Å². The molecule has 1 saturated carbocycles. The van der Waals surface area contributed by atoms with Crippen LogP contribution in [0.5, 0.6) is 0 Å². The standard InChI is InChI=1S/C21H25F6N3O2/c22-20(23,24)13-5-6-17(15(10-13)21(25,26)27)29-18(31)9-12-7-8-30(11-12)19(32)14-3-1-2-4-16(14)28/h5-6,10,12,14,16H,1-4,7-9,11,28H2,(H,29,31)/t12?,14-,16-/m0/s1. The van der Waals surface area contributed by atoms with Crippen molar-refractivity contribution in [2.75, 3.05) is 18.4 Å². The van der Waals surface area contributed by atoms with E-state index < -0.39 is 35.1 Å². The van der Waals surface area contributed by atoms with E-state index in [0.29, 0.717) is 31.6 Å². The lowest BCUT2D eigenvalue weighted by Gasteiger charge is -2.31. The number of rotatable bonds is 4. The van der Waals surface area contributed by atoms with Gasteiger partial charge in [-0.25, -0.2) is 0 Å². The summed E-state index contributed by atoms with van der Waals surface area (Å²) in [5.41, 5.74) is 2.32. The summed E-state index contributed by atoms with van der Waals surface area (Å²) >= 11 is 0. The number of hydrogen-bond donors (Lipinski definition) is 2. The van der Waals surface area contributed by atoms with Crippen molar-refractivity contribution in [1.29, 1.82) is 0 Å². The molecule has 1 aromatic rings. The normalized spacial score (nSPS) is 24.5. The van der Waals surface area contributed by atoms with Crippen LogP contribution in [0.1, 0.15) is 49.7 Å². The first-order chi connectivity index (χ1) is 14.9. The molecular weight excluding hydrogens is 440 g/mol. The van der Waals surface area contributed by atoms with Crippen molar-refractivity contribution in [1.82, 2.24) is 4.90 Å². The molecule has 178 valence electrons. The van der Waals surface area contributed by atoms with E-state index in [0.717, 1.165) is 25.7 Å². The second-order valence-corrected chi connectivity index (χ2v) is 8.50. The lowest BCUT2D eigenvalue weighted by molar-refractivity contribution is -0.142. The second-order valence-electron chi connectivity index (χ2n) is 8.50. The van der Waals surface area contributed by atoms with Crippen molar-refractivity contribution >= 4 is 17.5 Å². The van der Waals surface area contributed by atoms with Gasteiger partial charge in [-0.15, -0.1) is 0 Å². The molecule has 1 aromatic carbocycles. The van der Waals surface area contributed by atoms with E-state index >= 15 is 0 Å². The summed E-state index contributed by atoms with van der Waals surface area (Å²) in [5, 5.41) is 2.09. The predicted octanol–water partition coefficient (Wildman–Crippen LogP) is 4.42. The van der Waals surface area contributed by atoms with Gasteiger partial charge in [-0.2, -0.15) is 26.3 Å². The van der Waals surface area contributed by atoms with E-state index in [1.54, 1.807) is 4.90 Å². The van der Waals surface area contributed by atoms with E-state index in [1.165, 1.54) is 0 Å². The number of carbonyl (C=O) groups is 2. The van der Waals surface area contributed by atoms with Crippen LogP contribution in [0.25, 0.3) is 0 Å². The van der Waals surface area contributed by atoms with Gasteiger partial charge < -0.3 is 16.0 Å². The number of nitrogens with one attached hydrogen (secondary N) is 1. The van der Waals surface area contributed by atoms with Gasteiger partial charge in [0.1, 0.15) is 0 Å². The molecule has 3 atom stereocenters. The summed E-state index contributed by atoms with van der Waals surface area (Å²) in [6, 6.07) is 0.894. The van der Waals surface area contributed by atoms with Crippen LogP contribution in [-0.2, 0) is 21.9 Å². The van der Waals surface area contributed by atoms with Crippen LogP contribution in [0, 0.1) is 11.8 Å². The van der Waals surface area contributed by atoms with Crippen LogP contribution >= 0.6 is 0 Å². The summed E-state index contributed by atoms with van der Waals surface area (Å²) in [7, 11) is 0. The monoisotopic (exact) mass is 465 g/mol. The molecule has 11 heteroatoms. The van der Waals surface area contributed by atoms with Crippen molar-refractivity contribution in [3.63, 3.8) is 0 Å². The molecule has 2 aliphatic rings. The number of benzene rings is 1. The summed E-state index contributed by atoms with van der Waals surface area (Å²) in [4.78, 5) is 26.7. The molecule has 1 aliphatic carbocycles. The highest BCUT2D eigenvalue weighted by Gasteiger charge is 2.39. The maximum atomic E-state index is 13.2. The highest BCUT2D eigenvalue weighted by Crippen LogP contribution is 2.39. The molecular formula is C21H25F6N3O2. The molecule has 0 spiro atoms. The molecule has 32 heavy (non-hydrogen) atoms. The van der Waals surface area contributed by atoms with Gasteiger partial charge in [0.05, 0.1) is 22.7 Å². The molecule has 1 heterocycles. The van der Waals surface area contributed by atoms with Gasteiger partial charge in [0.25, 0.3) is 0 Å². The van der Waals surface area contributed by atoms with Crippen LogP contribution in [0.15, 0.2) is 18.2 Å². The zero-order valence-electron chi connectivity index (χ0n) is 17.2. The third-order valence-electron chi connectivity index (χ3n) is 6.13. The summed E-state index contributed by atoms with van der Waals surface area (Å²) in [6.07, 6.45) is -6.22. The van der Waals surface area contributed by atoms with Crippen molar-refractivity contribution in [2.45, 2.75) is 56.9 Å². The van der Waals surface area contributed by atoms with Gasteiger partial charge in [0, 0.05) is 25.6 Å². The van der Waals surface area contributed by atoms with Crippen LogP contribution in [0.3, 0.4) is 0 Å². The zero-order chi connectivity index (χ0) is 23.7. The Hall–Kier alpha value is -2.30. The number of carbonyl (C=O) groups excluding carboxylic acids is 2. The fourth-order valence-electron chi connectivity index (χ4n) is 4.43. The van der Waals surface area contributed by atoms with Gasteiger partial charge in [-0.05, 0) is 43.4 Å². The third kappa shape index (κ3) is 5.73. The van der Waals surface area contributed by atoms with E-state index in [2.05, 4.69) is 5.32 Å². The molecule has 3 N–H and O–H groups in total. The number of nitrogens with two attached hydrogens (primary N) is 1. The minimum atomic E-state index is -5.07. The fraction of sp³-hybridized carbons (Fsp3) is 0.619. The Morgan fingerprint density at radius 2 is 1.72 bits per heavy atom. The highest BCUT2D eigenvalue weighted by molar-refractivity contribution is 5.92. The largest absolute Gasteiger partial charge is 0.418 e. The van der Waals surface area contributed by atoms with Crippen molar-refractivity contribution in [3.8, 4) is 0 Å². The zero-order valence-corrected chi connectivity index (χ0v) is 17.2. The Kier molecular flexibility index (Phi) is 7.06. The van der Waals surface area contributed by atoms with Crippen LogP contribution in [-0.4, -0.2) is 35.8 Å². The average molecular weight is 465 g/mol. The lowest BCUT2D eigenvalue weighted by atomic mass is 9.84. The molecule has 1 unspecified atom stereocenters. The Morgan fingerprint density at radius 3 is 2.34 bits per heavy atom. The highest BCUT2D eigenvalue weighted by atomic mass is 19.4. The number of amides is 2. The SMILES string of the molecule is N[C@H]1CCCC[C@@H]1C(=O)N1CCC(CC(=O)Nc2ccc(C(F)(F)F)cc2C(F)(F)F)C1. The molecule has 2 amide bonds. The minimum Gasteiger partial charge on any atom is -0.342 e. The van der Waals surface area contributed by atoms with E-state index in [4.69, 9.17) is 5.73 Å². The molecule has 1 saturated heterocycles. The Balaban J connectivity index is 1.62. The quantitative estimate of drug-likeness (QED) is 0.647. The first-order valence-corrected chi connectivity index (χ1v) is 10.5. The predicted molar refractivity (Wildman–Crippen MR) is 104 cm³/mol. The van der Waals surface area contributed by atoms with Crippen LogP contribution in [0.2, 0.25) is 0 Å². The maximum absolute atomic E-state index is 13.2. The van der Waals surface area contributed by atoms with E-state index in [-0.39, 0.29) is 36.3 Å². The number of hydrogen-bond acceptors (Lipinski definition) is 3. The summed E-state index contributed by atoms with van der Waals surface area (Å²) < 4.78 is 78.1. The first-order valence-electron chi connectivity index (χ1n) is 10.5. The number of alkyl halides is 6. The van der Waals surface area contributed by atoms with Crippen molar-refractivity contribution in [2.24, 2.45) is 17.6 Å². The first kappa shape index (κ1) is 24.3. The maximum Gasteiger partial charge on any atom is 0.418 e. The Bertz CT molecular complexity index is 855. The topological polar surface area (TPSA) is 75.4 Å². The molecule has 0 aromatic heterocycles. The summed E-state index contributed by atoms with van der Waals surface area (Å²) in [5.74, 6) is -1.30. The smallest absolute Gasteiger partial charge is 0.342 e. The number of anilines is 1. The number of nitrogens with zero attached hydrogens (tertiary/aromatic N) is 1. The average Bonchev–Trinajstić information content (AvgIpc) is 3.14. The lowest BCUT2D eigenvalue weighted by Crippen LogP contribution is -2.45. The molecule has 0 bridgehead atoms. The Morgan fingerprint density at radius 1 is 1.03 bits per heavy atom. The minimum absolute atomic E-state index is 0.0149. The van der Waals surface area contributed by atoms with Gasteiger partial charge >= 0.3 is 12.4 Å². The molecule has 3 rings (SSSR count). The Labute approximate surface area is 181 Å². The number of likely N-dealkylation sites (tertiary alicyclic amines) is 1. The van der Waals surface area contributed by atoms with E-state index in [9.17, 15) is 35.9 Å². The molecule has 0 radical (unpaired) electrons. The van der Waals surface area contributed by atoms with Gasteiger partial charge in [0.15, 0.2) is 0 Å². The van der Waals surface area contributed by atoms with E-state index in [1.807, 2.05) is 0 Å². The molecule has 2 fully saturated rings. The number of halogens is 6. The third-order valence-corrected chi connectivity index (χ3v) is 6.13. The fourth-order valence-corrected chi connectivity index (χ4v) is 4.43. The van der Waals surface area contributed by atoms with Crippen molar-refractivity contribution < 1.29 is 35.9 Å². The van der Waals surface area contributed by atoms with Crippen molar-refractivity contribution in [3.05, 3.63) is 29.3 Å². The van der Waals surface area contributed by atoms with Gasteiger partial charge in [-0.1, -0.05) is 12.8 Å². The van der Waals surface area contributed by atoms with Crippen LogP contribution < -0.4 is 11.1 Å². The van der Waals surface area contributed by atoms with Gasteiger partial charge in [-0.3, -0.25) is 9.59 Å². The summed E-state index contributed by atoms with van der Waals surface area (Å²) in [6.45, 7) is 0.739. The molecule has 1 aliphatic heterocycles. The second kappa shape index (κ2) is 9.29. The molecule has 5 nitrogen and oxygen atoms in total.